The molecule has 0 aliphatic heterocycles. The first-order valence-electron chi connectivity index (χ1n) is 19.5. The summed E-state index contributed by atoms with van der Waals surface area (Å²) < 4.78 is 26.3. The van der Waals surface area contributed by atoms with E-state index in [2.05, 4.69) is 67.0 Å². The van der Waals surface area contributed by atoms with Crippen molar-refractivity contribution in [2.24, 2.45) is 11.8 Å². The summed E-state index contributed by atoms with van der Waals surface area (Å²) in [5.74, 6) is -1.57. The van der Waals surface area contributed by atoms with Gasteiger partial charge in [0.15, 0.2) is 6.10 Å². The van der Waals surface area contributed by atoms with Crippen LogP contribution in [0.5, 0.6) is 0 Å². The molecule has 0 aromatic carbocycles. The van der Waals surface area contributed by atoms with Crippen LogP contribution in [0, 0.1) is 11.8 Å². The monoisotopic (exact) mass is 766 g/mol. The van der Waals surface area contributed by atoms with Crippen LogP contribution in [-0.2, 0) is 28.2 Å². The lowest BCUT2D eigenvalue weighted by molar-refractivity contribution is -0.161. The SMILES string of the molecule is CC/C=C\C/C=C\C/C=C\C/C=C\CCCCC(=O)OC[C@H](COP(=O)(O)O)OC(=O)CCC/C=C/C[C@@H]1[C@@H](/C=C/[C@@H](O)CCCCC)[C@H](O)C[C@@H]1O. The Morgan fingerprint density at radius 1 is 0.755 bits per heavy atom. The molecule has 0 saturated heterocycles. The number of phosphoric ester groups is 1. The minimum absolute atomic E-state index is 0.0219. The highest BCUT2D eigenvalue weighted by Gasteiger charge is 2.39. The van der Waals surface area contributed by atoms with Gasteiger partial charge in [0.25, 0.3) is 0 Å². The minimum atomic E-state index is -4.84. The second-order valence-electron chi connectivity index (χ2n) is 13.5. The van der Waals surface area contributed by atoms with Gasteiger partial charge in [-0.1, -0.05) is 106 Å². The predicted molar refractivity (Wildman–Crippen MR) is 209 cm³/mol. The number of hydrogen-bond donors (Lipinski definition) is 5. The predicted octanol–water partition coefficient (Wildman–Crippen LogP) is 7.89. The first-order chi connectivity index (χ1) is 25.5. The summed E-state index contributed by atoms with van der Waals surface area (Å²) in [5, 5.41) is 31.2. The third-order valence-electron chi connectivity index (χ3n) is 8.78. The lowest BCUT2D eigenvalue weighted by atomic mass is 9.89. The summed E-state index contributed by atoms with van der Waals surface area (Å²) in [6.45, 7) is 3.20. The number of unbranched alkanes of at least 4 members (excludes halogenated alkanes) is 5. The van der Waals surface area contributed by atoms with Crippen molar-refractivity contribution in [3.8, 4) is 0 Å². The summed E-state index contributed by atoms with van der Waals surface area (Å²) in [6, 6.07) is 0. The summed E-state index contributed by atoms with van der Waals surface area (Å²) in [5.41, 5.74) is 0. The maximum Gasteiger partial charge on any atom is 0.469 e. The van der Waals surface area contributed by atoms with E-state index >= 15 is 0 Å². The Labute approximate surface area is 317 Å². The van der Waals surface area contributed by atoms with Crippen LogP contribution in [-0.4, -0.2) is 74.7 Å². The average Bonchev–Trinajstić information content (AvgIpc) is 3.38. The fourth-order valence-corrected chi connectivity index (χ4v) is 6.19. The van der Waals surface area contributed by atoms with Crippen LogP contribution >= 0.6 is 7.82 Å². The number of allylic oxidation sites excluding steroid dienone is 10. The maximum atomic E-state index is 12.5. The van der Waals surface area contributed by atoms with Crippen molar-refractivity contribution < 1.29 is 53.3 Å². The zero-order chi connectivity index (χ0) is 39.2. The highest BCUT2D eigenvalue weighted by atomic mass is 31.2. The van der Waals surface area contributed by atoms with Crippen molar-refractivity contribution >= 4 is 19.8 Å². The van der Waals surface area contributed by atoms with Crippen LogP contribution in [0.2, 0.25) is 0 Å². The summed E-state index contributed by atoms with van der Waals surface area (Å²) >= 11 is 0. The average molecular weight is 767 g/mol. The van der Waals surface area contributed by atoms with Gasteiger partial charge in [0.1, 0.15) is 6.61 Å². The molecule has 1 saturated carbocycles. The van der Waals surface area contributed by atoms with Crippen LogP contribution < -0.4 is 0 Å². The Bertz CT molecular complexity index is 1200. The van der Waals surface area contributed by atoms with Crippen LogP contribution in [0.1, 0.15) is 123 Å². The molecule has 0 aromatic rings. The topological polar surface area (TPSA) is 180 Å². The van der Waals surface area contributed by atoms with Gasteiger partial charge in [-0.3, -0.25) is 14.1 Å². The smallest absolute Gasteiger partial charge is 0.462 e. The molecule has 0 unspecified atom stereocenters. The molecular formula is C41H67O11P. The van der Waals surface area contributed by atoms with Gasteiger partial charge in [-0.15, -0.1) is 0 Å². The molecule has 1 rings (SSSR count). The number of ether oxygens (including phenoxy) is 2. The number of phosphoric acid groups is 1. The Morgan fingerprint density at radius 3 is 2.04 bits per heavy atom. The number of carbonyl (C=O) groups excluding carboxylic acids is 2. The van der Waals surface area contributed by atoms with Crippen molar-refractivity contribution in [3.63, 3.8) is 0 Å². The van der Waals surface area contributed by atoms with E-state index in [1.807, 2.05) is 18.2 Å². The largest absolute Gasteiger partial charge is 0.469 e. The molecule has 0 amide bonds. The van der Waals surface area contributed by atoms with E-state index in [-0.39, 0.29) is 37.7 Å². The van der Waals surface area contributed by atoms with Crippen molar-refractivity contribution in [2.45, 2.75) is 147 Å². The minimum Gasteiger partial charge on any atom is -0.462 e. The fraction of sp³-hybridized carbons (Fsp3) is 0.659. The highest BCUT2D eigenvalue weighted by molar-refractivity contribution is 7.46. The maximum absolute atomic E-state index is 12.5. The van der Waals surface area contributed by atoms with Gasteiger partial charge in [0.2, 0.25) is 0 Å². The second-order valence-corrected chi connectivity index (χ2v) is 14.7. The number of aliphatic hydroxyl groups excluding tert-OH is 3. The van der Waals surface area contributed by atoms with Gasteiger partial charge in [-0.2, -0.15) is 0 Å². The van der Waals surface area contributed by atoms with Gasteiger partial charge in [0.05, 0.1) is 24.9 Å². The van der Waals surface area contributed by atoms with Crippen molar-refractivity contribution in [3.05, 3.63) is 72.9 Å². The summed E-state index contributed by atoms with van der Waals surface area (Å²) in [6.07, 6.45) is 33.0. The Kier molecular flexibility index (Phi) is 28.0. The molecule has 1 aliphatic rings. The lowest BCUT2D eigenvalue weighted by Crippen LogP contribution is -2.29. The molecule has 11 nitrogen and oxygen atoms in total. The number of aliphatic hydroxyl groups is 3. The zero-order valence-corrected chi connectivity index (χ0v) is 32.9. The Balaban J connectivity index is 2.38. The molecule has 6 atom stereocenters. The fourth-order valence-electron chi connectivity index (χ4n) is 5.83. The lowest BCUT2D eigenvalue weighted by Gasteiger charge is -2.19. The molecule has 0 aromatic heterocycles. The van der Waals surface area contributed by atoms with E-state index in [1.54, 1.807) is 6.08 Å². The van der Waals surface area contributed by atoms with E-state index < -0.39 is 50.8 Å². The molecule has 0 radical (unpaired) electrons. The first kappa shape index (κ1) is 48.4. The molecule has 5 N–H and O–H groups in total. The van der Waals surface area contributed by atoms with Crippen molar-refractivity contribution in [1.82, 2.24) is 0 Å². The Hall–Kier alpha value is -2.63. The van der Waals surface area contributed by atoms with Crippen LogP contribution in [0.15, 0.2) is 72.9 Å². The van der Waals surface area contributed by atoms with E-state index in [0.717, 1.165) is 57.8 Å². The molecule has 302 valence electrons. The van der Waals surface area contributed by atoms with Crippen molar-refractivity contribution in [1.29, 1.82) is 0 Å². The van der Waals surface area contributed by atoms with Crippen molar-refractivity contribution in [2.75, 3.05) is 13.2 Å². The van der Waals surface area contributed by atoms with E-state index in [1.165, 1.54) is 0 Å². The third-order valence-corrected chi connectivity index (χ3v) is 9.26. The van der Waals surface area contributed by atoms with Crippen LogP contribution in [0.4, 0.5) is 0 Å². The molecule has 1 fully saturated rings. The Morgan fingerprint density at radius 2 is 1.38 bits per heavy atom. The molecule has 12 heteroatoms. The standard InChI is InChI=1S/C41H67O11P/c1-3-5-7-8-9-10-11-12-13-14-15-16-17-18-23-27-40(45)50-32-35(33-51-53(47,48)49)52-41(46)28-24-20-19-22-26-36-37(39(44)31-38(36)43)30-29-34(42)25-21-6-4-2/h5,7,9-10,12-13,15-16,19,22,29-30,34-39,42-44H,3-4,6,8,11,14,17-18,20-21,23-28,31-33H2,1-2H3,(H2,47,48,49)/b7-5-,10-9-,13-12-,16-15-,22-19+,30-29+/t34-,35+,36+,37+,38-,39+/m0/s1. The number of hydrogen-bond acceptors (Lipinski definition) is 9. The molecular weight excluding hydrogens is 699 g/mol. The highest BCUT2D eigenvalue weighted by Crippen LogP contribution is 2.37. The summed E-state index contributed by atoms with van der Waals surface area (Å²) in [4.78, 5) is 42.9. The molecule has 1 aliphatic carbocycles. The van der Waals surface area contributed by atoms with Gasteiger partial charge >= 0.3 is 19.8 Å². The van der Waals surface area contributed by atoms with Gasteiger partial charge in [-0.25, -0.2) is 4.57 Å². The van der Waals surface area contributed by atoms with E-state index in [0.29, 0.717) is 32.1 Å². The number of rotatable bonds is 30. The quantitative estimate of drug-likeness (QED) is 0.0208. The molecule has 53 heavy (non-hydrogen) atoms. The van der Waals surface area contributed by atoms with Gasteiger partial charge < -0.3 is 34.6 Å². The van der Waals surface area contributed by atoms with Crippen LogP contribution in [0.25, 0.3) is 0 Å². The molecule has 0 spiro atoms. The van der Waals surface area contributed by atoms with E-state index in [4.69, 9.17) is 19.3 Å². The molecule has 0 bridgehead atoms. The third kappa shape index (κ3) is 26.7. The van der Waals surface area contributed by atoms with Crippen LogP contribution in [0.3, 0.4) is 0 Å². The van der Waals surface area contributed by atoms with Gasteiger partial charge in [-0.05, 0) is 76.5 Å². The normalized spacial score (nSPS) is 21.0. The molecule has 0 heterocycles. The van der Waals surface area contributed by atoms with E-state index in [9.17, 15) is 29.5 Å². The summed E-state index contributed by atoms with van der Waals surface area (Å²) in [7, 11) is -4.84. The van der Waals surface area contributed by atoms with Gasteiger partial charge in [0, 0.05) is 25.2 Å². The zero-order valence-electron chi connectivity index (χ0n) is 32.0. The first-order valence-corrected chi connectivity index (χ1v) is 21.0. The number of esters is 2. The number of carbonyl (C=O) groups is 2. The second kappa shape index (κ2) is 30.7.